The van der Waals surface area contributed by atoms with Crippen LogP contribution in [0.4, 0.5) is 0 Å². The zero-order valence-corrected chi connectivity index (χ0v) is 10.9. The summed E-state index contributed by atoms with van der Waals surface area (Å²) in [5.41, 5.74) is 1.29. The Balaban J connectivity index is 1.98. The lowest BCUT2D eigenvalue weighted by atomic mass is 10.2. The number of halogens is 1. The molecule has 92 valence electrons. The first-order valence-electron chi connectivity index (χ1n) is 5.89. The third-order valence-electron chi connectivity index (χ3n) is 2.98. The first kappa shape index (κ1) is 12.5. The summed E-state index contributed by atoms with van der Waals surface area (Å²) in [5.74, 6) is 0.897. The minimum absolute atomic E-state index is 0.688. The molecule has 1 aromatic rings. The van der Waals surface area contributed by atoms with E-state index in [2.05, 4.69) is 23.6 Å². The van der Waals surface area contributed by atoms with E-state index < -0.39 is 0 Å². The molecule has 0 aliphatic heterocycles. The Morgan fingerprint density at radius 1 is 1.41 bits per heavy atom. The minimum Gasteiger partial charge on any atom is -0.497 e. The smallest absolute Gasteiger partial charge is 0.118 e. The predicted octanol–water partition coefficient (Wildman–Crippen LogP) is 3.41. The first-order valence-corrected chi connectivity index (χ1v) is 6.27. The molecule has 0 aromatic heterocycles. The van der Waals surface area contributed by atoms with Crippen LogP contribution in [0.15, 0.2) is 35.9 Å². The second-order valence-electron chi connectivity index (χ2n) is 4.50. The zero-order valence-electron chi connectivity index (χ0n) is 10.2. The SMILES string of the molecule is C=C(Cl)CN(Cc1ccc(OC)cc1)C1CC1. The molecule has 2 rings (SSSR count). The van der Waals surface area contributed by atoms with E-state index in [-0.39, 0.29) is 0 Å². The number of benzene rings is 1. The van der Waals surface area contributed by atoms with Crippen molar-refractivity contribution in [3.05, 3.63) is 41.4 Å². The van der Waals surface area contributed by atoms with Crippen molar-refractivity contribution >= 4 is 11.6 Å². The van der Waals surface area contributed by atoms with E-state index in [0.717, 1.165) is 18.8 Å². The molecular formula is C14H18ClNO. The Morgan fingerprint density at radius 2 is 2.06 bits per heavy atom. The number of rotatable bonds is 6. The summed E-state index contributed by atoms with van der Waals surface area (Å²) in [5, 5.41) is 0.713. The molecule has 0 unspecified atom stereocenters. The second-order valence-corrected chi connectivity index (χ2v) is 5.04. The summed E-state index contributed by atoms with van der Waals surface area (Å²) in [7, 11) is 1.68. The molecule has 0 radical (unpaired) electrons. The normalized spacial score (nSPS) is 15.0. The van der Waals surface area contributed by atoms with E-state index in [9.17, 15) is 0 Å². The van der Waals surface area contributed by atoms with Gasteiger partial charge in [-0.15, -0.1) is 0 Å². The van der Waals surface area contributed by atoms with Gasteiger partial charge in [-0.05, 0) is 30.5 Å². The molecule has 0 atom stereocenters. The van der Waals surface area contributed by atoms with Crippen LogP contribution in [0.5, 0.6) is 5.75 Å². The first-order chi connectivity index (χ1) is 8.19. The van der Waals surface area contributed by atoms with Crippen molar-refractivity contribution in [3.8, 4) is 5.75 Å². The number of hydrogen-bond donors (Lipinski definition) is 0. The maximum Gasteiger partial charge on any atom is 0.118 e. The molecule has 0 bridgehead atoms. The number of ether oxygens (including phenoxy) is 1. The van der Waals surface area contributed by atoms with E-state index in [1.54, 1.807) is 7.11 Å². The van der Waals surface area contributed by atoms with Gasteiger partial charge in [-0.25, -0.2) is 0 Å². The molecule has 0 amide bonds. The van der Waals surface area contributed by atoms with Crippen LogP contribution in [-0.4, -0.2) is 24.6 Å². The van der Waals surface area contributed by atoms with Gasteiger partial charge in [0.2, 0.25) is 0 Å². The zero-order chi connectivity index (χ0) is 12.3. The molecular weight excluding hydrogens is 234 g/mol. The Bertz CT molecular complexity index is 384. The lowest BCUT2D eigenvalue weighted by Gasteiger charge is -2.21. The summed E-state index contributed by atoms with van der Waals surface area (Å²) in [6.07, 6.45) is 2.56. The minimum atomic E-state index is 0.688. The molecule has 1 aliphatic carbocycles. The van der Waals surface area contributed by atoms with Crippen LogP contribution in [-0.2, 0) is 6.54 Å². The Morgan fingerprint density at radius 3 is 2.53 bits per heavy atom. The summed E-state index contributed by atoms with van der Waals surface area (Å²) in [4.78, 5) is 2.39. The number of methoxy groups -OCH3 is 1. The molecule has 17 heavy (non-hydrogen) atoms. The Kier molecular flexibility index (Phi) is 4.08. The molecule has 0 saturated heterocycles. The van der Waals surface area contributed by atoms with Crippen LogP contribution in [0.1, 0.15) is 18.4 Å². The van der Waals surface area contributed by atoms with Crippen LogP contribution in [0.3, 0.4) is 0 Å². The quantitative estimate of drug-likeness (QED) is 0.768. The molecule has 1 saturated carbocycles. The molecule has 3 heteroatoms. The van der Waals surface area contributed by atoms with Crippen molar-refractivity contribution in [1.29, 1.82) is 0 Å². The lowest BCUT2D eigenvalue weighted by molar-refractivity contribution is 0.281. The van der Waals surface area contributed by atoms with Gasteiger partial charge in [0.1, 0.15) is 5.75 Å². The van der Waals surface area contributed by atoms with Crippen molar-refractivity contribution in [2.75, 3.05) is 13.7 Å². The molecule has 1 aromatic carbocycles. The third-order valence-corrected chi connectivity index (χ3v) is 3.10. The molecule has 1 fully saturated rings. The van der Waals surface area contributed by atoms with Crippen LogP contribution in [0.25, 0.3) is 0 Å². The lowest BCUT2D eigenvalue weighted by Crippen LogP contribution is -2.26. The second kappa shape index (κ2) is 5.56. The van der Waals surface area contributed by atoms with E-state index in [4.69, 9.17) is 16.3 Å². The van der Waals surface area contributed by atoms with E-state index in [0.29, 0.717) is 11.1 Å². The van der Waals surface area contributed by atoms with Crippen LogP contribution < -0.4 is 4.74 Å². The largest absolute Gasteiger partial charge is 0.497 e. The fraction of sp³-hybridized carbons (Fsp3) is 0.429. The van der Waals surface area contributed by atoms with Gasteiger partial charge in [0.25, 0.3) is 0 Å². The van der Waals surface area contributed by atoms with E-state index in [1.807, 2.05) is 12.1 Å². The Hall–Kier alpha value is -0.990. The van der Waals surface area contributed by atoms with E-state index >= 15 is 0 Å². The topological polar surface area (TPSA) is 12.5 Å². The highest BCUT2D eigenvalue weighted by Gasteiger charge is 2.28. The highest BCUT2D eigenvalue weighted by Crippen LogP contribution is 2.29. The summed E-state index contributed by atoms with van der Waals surface area (Å²) in [6, 6.07) is 8.88. The van der Waals surface area contributed by atoms with Crippen molar-refractivity contribution in [2.45, 2.75) is 25.4 Å². The highest BCUT2D eigenvalue weighted by atomic mass is 35.5. The van der Waals surface area contributed by atoms with Gasteiger partial charge in [0, 0.05) is 24.2 Å². The van der Waals surface area contributed by atoms with Gasteiger partial charge < -0.3 is 4.74 Å². The van der Waals surface area contributed by atoms with Gasteiger partial charge in [0.15, 0.2) is 0 Å². The molecule has 0 N–H and O–H groups in total. The number of hydrogen-bond acceptors (Lipinski definition) is 2. The third kappa shape index (κ3) is 3.76. The summed E-state index contributed by atoms with van der Waals surface area (Å²) < 4.78 is 5.15. The fourth-order valence-electron chi connectivity index (χ4n) is 1.94. The van der Waals surface area contributed by atoms with E-state index in [1.165, 1.54) is 18.4 Å². The fourth-order valence-corrected chi connectivity index (χ4v) is 2.09. The van der Waals surface area contributed by atoms with Crippen molar-refractivity contribution < 1.29 is 4.74 Å². The Labute approximate surface area is 108 Å². The van der Waals surface area contributed by atoms with Crippen molar-refractivity contribution in [1.82, 2.24) is 4.90 Å². The summed E-state index contributed by atoms with van der Waals surface area (Å²) in [6.45, 7) is 5.48. The molecule has 0 spiro atoms. The van der Waals surface area contributed by atoms with Gasteiger partial charge in [-0.3, -0.25) is 4.90 Å². The average molecular weight is 252 g/mol. The maximum absolute atomic E-state index is 5.90. The molecule has 2 nitrogen and oxygen atoms in total. The number of nitrogens with zero attached hydrogens (tertiary/aromatic N) is 1. The average Bonchev–Trinajstić information content (AvgIpc) is 3.12. The van der Waals surface area contributed by atoms with Crippen molar-refractivity contribution in [3.63, 3.8) is 0 Å². The monoisotopic (exact) mass is 251 g/mol. The van der Waals surface area contributed by atoms with Crippen molar-refractivity contribution in [2.24, 2.45) is 0 Å². The summed E-state index contributed by atoms with van der Waals surface area (Å²) >= 11 is 5.90. The van der Waals surface area contributed by atoms with Gasteiger partial charge in [-0.1, -0.05) is 30.3 Å². The predicted molar refractivity (Wildman–Crippen MR) is 71.4 cm³/mol. The maximum atomic E-state index is 5.90. The standard InChI is InChI=1S/C14H18ClNO/c1-11(15)9-16(13-5-6-13)10-12-3-7-14(17-2)8-4-12/h3-4,7-8,13H,1,5-6,9-10H2,2H3. The highest BCUT2D eigenvalue weighted by molar-refractivity contribution is 6.29. The molecule has 0 heterocycles. The molecule has 1 aliphatic rings. The van der Waals surface area contributed by atoms with Crippen LogP contribution in [0.2, 0.25) is 0 Å². The van der Waals surface area contributed by atoms with Gasteiger partial charge in [0.05, 0.1) is 7.11 Å². The van der Waals surface area contributed by atoms with Gasteiger partial charge >= 0.3 is 0 Å². The van der Waals surface area contributed by atoms with Crippen LogP contribution >= 0.6 is 11.6 Å². The van der Waals surface area contributed by atoms with Crippen LogP contribution in [0, 0.1) is 0 Å². The van der Waals surface area contributed by atoms with Gasteiger partial charge in [-0.2, -0.15) is 0 Å².